The first-order chi connectivity index (χ1) is 19.8. The monoisotopic (exact) mass is 660 g/mol. The molecule has 6 nitrogen and oxygen atoms in total. The van der Waals surface area contributed by atoms with Gasteiger partial charge in [0.2, 0.25) is 0 Å². The molecular formula is C26H17F9O6S2. The molecule has 0 bridgehead atoms. The predicted molar refractivity (Wildman–Crippen MR) is 135 cm³/mol. The predicted octanol–water partition coefficient (Wildman–Crippen LogP) is 6.85. The first kappa shape index (κ1) is 33.8. The van der Waals surface area contributed by atoms with Crippen LogP contribution < -0.4 is 10.4 Å². The summed E-state index contributed by atoms with van der Waals surface area (Å²) in [6, 6.07) is 28.1. The minimum absolute atomic E-state index is 0.289. The molecule has 1 heterocycles. The summed E-state index contributed by atoms with van der Waals surface area (Å²) < 4.78 is 146. The highest BCUT2D eigenvalue weighted by Gasteiger charge is 2.83. The van der Waals surface area contributed by atoms with Crippen molar-refractivity contribution in [2.24, 2.45) is 0 Å². The van der Waals surface area contributed by atoms with Crippen LogP contribution in [0.2, 0.25) is 0 Å². The molecule has 0 aliphatic carbocycles. The van der Waals surface area contributed by atoms with Crippen LogP contribution in [0.5, 0.6) is 5.75 Å². The van der Waals surface area contributed by atoms with Gasteiger partial charge in [-0.15, -0.1) is 0 Å². The van der Waals surface area contributed by atoms with Crippen molar-refractivity contribution < 1.29 is 61.6 Å². The maximum atomic E-state index is 12.2. The van der Waals surface area contributed by atoms with Crippen LogP contribution in [0.25, 0.3) is 11.0 Å². The maximum absolute atomic E-state index is 12.2. The van der Waals surface area contributed by atoms with Crippen LogP contribution in [-0.2, 0) is 21.0 Å². The Balaban J connectivity index is 0.000000261. The molecule has 4 aromatic rings. The lowest BCUT2D eigenvalue weighted by atomic mass is 10.1. The molecule has 4 rings (SSSR count). The largest absolute Gasteiger partial charge is 0.743 e. The number of fused-ring (bicyclic) bond motifs is 1. The van der Waals surface area contributed by atoms with E-state index in [2.05, 4.69) is 30.3 Å². The van der Waals surface area contributed by atoms with E-state index in [1.807, 2.05) is 48.5 Å². The van der Waals surface area contributed by atoms with Crippen LogP contribution in [0.15, 0.2) is 109 Å². The lowest BCUT2D eigenvalue weighted by molar-refractivity contribution is -0.382. The van der Waals surface area contributed by atoms with E-state index in [1.165, 1.54) is 15.9 Å². The number of alkyl halides is 9. The zero-order valence-electron chi connectivity index (χ0n) is 21.3. The highest BCUT2D eigenvalue weighted by Crippen LogP contribution is 2.54. The van der Waals surface area contributed by atoms with Crippen molar-refractivity contribution in [3.05, 3.63) is 95.3 Å². The van der Waals surface area contributed by atoms with Crippen molar-refractivity contribution in [1.29, 1.82) is 0 Å². The molecule has 43 heavy (non-hydrogen) atoms. The third-order valence-corrected chi connectivity index (χ3v) is 8.62. The summed E-state index contributed by atoms with van der Waals surface area (Å²) in [6.45, 7) is 0. The van der Waals surface area contributed by atoms with Gasteiger partial charge in [-0.3, -0.25) is 0 Å². The second-order valence-electron chi connectivity index (χ2n) is 8.34. The van der Waals surface area contributed by atoms with Crippen LogP contribution in [0.1, 0.15) is 0 Å². The van der Waals surface area contributed by atoms with Crippen LogP contribution in [0, 0.1) is 0 Å². The van der Waals surface area contributed by atoms with E-state index in [0.29, 0.717) is 11.3 Å². The van der Waals surface area contributed by atoms with Gasteiger partial charge in [0.25, 0.3) is 0 Å². The third kappa shape index (κ3) is 6.62. The second-order valence-corrected chi connectivity index (χ2v) is 11.8. The van der Waals surface area contributed by atoms with Crippen molar-refractivity contribution in [3.8, 4) is 5.75 Å². The van der Waals surface area contributed by atoms with Gasteiger partial charge >= 0.3 is 28.9 Å². The summed E-state index contributed by atoms with van der Waals surface area (Å²) in [6.07, 6.45) is -7.16. The normalized spacial score (nSPS) is 13.0. The summed E-state index contributed by atoms with van der Waals surface area (Å²) in [5.74, 6) is -14.3. The molecule has 17 heteroatoms. The Hall–Kier alpha value is -3.70. The molecular weight excluding hydrogens is 643 g/mol. The van der Waals surface area contributed by atoms with E-state index < -0.39 is 39.0 Å². The summed E-state index contributed by atoms with van der Waals surface area (Å²) in [4.78, 5) is 15.4. The number of benzene rings is 3. The fourth-order valence-corrected chi connectivity index (χ4v) is 5.99. The van der Waals surface area contributed by atoms with Gasteiger partial charge in [-0.1, -0.05) is 36.4 Å². The molecule has 0 unspecified atom stereocenters. The molecule has 0 saturated carbocycles. The lowest BCUT2D eigenvalue weighted by Crippen LogP contribution is -2.63. The molecule has 0 amide bonds. The molecule has 0 fully saturated rings. The van der Waals surface area contributed by atoms with E-state index in [0.717, 1.165) is 10.3 Å². The van der Waals surface area contributed by atoms with Crippen molar-refractivity contribution in [2.45, 2.75) is 38.0 Å². The van der Waals surface area contributed by atoms with Gasteiger partial charge in [-0.2, -0.15) is 39.5 Å². The number of hydrogen-bond acceptors (Lipinski definition) is 6. The summed E-state index contributed by atoms with van der Waals surface area (Å²) in [5, 5.41) is -6.32. The minimum atomic E-state index is -7.43. The average molecular weight is 661 g/mol. The second kappa shape index (κ2) is 12.1. The fourth-order valence-electron chi connectivity index (χ4n) is 3.45. The molecule has 0 spiro atoms. The van der Waals surface area contributed by atoms with E-state index in [4.69, 9.17) is 9.15 Å². The average Bonchev–Trinajstić information content (AvgIpc) is 2.92. The van der Waals surface area contributed by atoms with Crippen LogP contribution in [0.3, 0.4) is 0 Å². The van der Waals surface area contributed by atoms with Gasteiger partial charge in [-0.05, 0) is 36.4 Å². The molecule has 3 aromatic carbocycles. The van der Waals surface area contributed by atoms with Crippen molar-refractivity contribution >= 4 is 32.0 Å². The Morgan fingerprint density at radius 2 is 1.21 bits per heavy atom. The highest BCUT2D eigenvalue weighted by atomic mass is 32.2. The quantitative estimate of drug-likeness (QED) is 0.0931. The molecule has 232 valence electrons. The molecule has 0 radical (unpaired) electrons. The smallest absolute Gasteiger partial charge is 0.460 e. The number of ether oxygens (including phenoxy) is 1. The van der Waals surface area contributed by atoms with Crippen molar-refractivity contribution in [3.63, 3.8) is 0 Å². The number of methoxy groups -OCH3 is 1. The molecule has 1 aromatic heterocycles. The Morgan fingerprint density at radius 1 is 0.721 bits per heavy atom. The van der Waals surface area contributed by atoms with E-state index in [9.17, 15) is 57.3 Å². The number of halogens is 9. The van der Waals surface area contributed by atoms with Gasteiger partial charge in [0.1, 0.15) is 11.3 Å². The van der Waals surface area contributed by atoms with Crippen LogP contribution in [-0.4, -0.2) is 43.4 Å². The highest BCUT2D eigenvalue weighted by molar-refractivity contribution is 7.97. The summed E-state index contributed by atoms with van der Waals surface area (Å²) in [5.41, 5.74) is 0.127. The molecule has 0 N–H and O–H groups in total. The number of hydrogen-bond donors (Lipinski definition) is 0. The third-order valence-electron chi connectivity index (χ3n) is 5.52. The Labute approximate surface area is 239 Å². The topological polar surface area (TPSA) is 96.6 Å². The van der Waals surface area contributed by atoms with Gasteiger partial charge in [0, 0.05) is 6.07 Å². The van der Waals surface area contributed by atoms with Crippen molar-refractivity contribution in [2.75, 3.05) is 7.11 Å². The van der Waals surface area contributed by atoms with Gasteiger partial charge in [0.15, 0.2) is 24.8 Å². The van der Waals surface area contributed by atoms with Crippen LogP contribution >= 0.6 is 0 Å². The maximum Gasteiger partial charge on any atom is 0.460 e. The Bertz CT molecular complexity index is 1690. The SMILES string of the molecule is COc1cc(=O)oc2cc([S+](c3ccccc3)c3ccccc3)ccc12.O=S(=O)([O-])C(F)(F)C(F)(F)C(F)(F)C(F)(F)F. The molecule has 0 atom stereocenters. The summed E-state index contributed by atoms with van der Waals surface area (Å²) >= 11 is 0. The Kier molecular flexibility index (Phi) is 9.53. The van der Waals surface area contributed by atoms with E-state index in [-0.39, 0.29) is 10.9 Å². The molecule has 0 aliphatic heterocycles. The van der Waals surface area contributed by atoms with E-state index in [1.54, 1.807) is 7.11 Å². The van der Waals surface area contributed by atoms with Gasteiger partial charge < -0.3 is 13.7 Å². The fraction of sp³-hybridized carbons (Fsp3) is 0.192. The van der Waals surface area contributed by atoms with Gasteiger partial charge in [0.05, 0.1) is 29.5 Å². The van der Waals surface area contributed by atoms with E-state index >= 15 is 0 Å². The molecule has 0 saturated heterocycles. The first-order valence-corrected chi connectivity index (χ1v) is 14.0. The molecule has 0 aliphatic rings. The first-order valence-electron chi connectivity index (χ1n) is 11.4. The lowest BCUT2D eigenvalue weighted by Gasteiger charge is -2.34. The summed E-state index contributed by atoms with van der Waals surface area (Å²) in [7, 11) is -6.15. The standard InChI is InChI=1S/C22H17O3S.C4HF9O3S/c1-24-20-15-22(23)25-21-14-18(12-13-19(20)21)26(16-8-4-2-5-9-16)17-10-6-3-7-11-17;5-1(6,3(9,10)11)2(7,8)4(12,13)17(14,15)16/h2-15H,1H3;(H,14,15,16)/q+1;/p-1. The van der Waals surface area contributed by atoms with Crippen molar-refractivity contribution in [1.82, 2.24) is 0 Å². The zero-order chi connectivity index (χ0) is 32.4. The Morgan fingerprint density at radius 3 is 1.63 bits per heavy atom. The van der Waals surface area contributed by atoms with Gasteiger partial charge in [-0.25, -0.2) is 13.2 Å². The minimum Gasteiger partial charge on any atom is -0.743 e. The number of rotatable bonds is 7. The zero-order valence-corrected chi connectivity index (χ0v) is 22.9. The van der Waals surface area contributed by atoms with Crippen LogP contribution in [0.4, 0.5) is 39.5 Å².